The highest BCUT2D eigenvalue weighted by Gasteiger charge is 2.29. The summed E-state index contributed by atoms with van der Waals surface area (Å²) >= 11 is 0. The summed E-state index contributed by atoms with van der Waals surface area (Å²) in [5.74, 6) is 1.84. The minimum absolute atomic E-state index is 0. The zero-order chi connectivity index (χ0) is 13.0. The molecule has 1 amide bonds. The van der Waals surface area contributed by atoms with Crippen LogP contribution in [0.4, 0.5) is 0 Å². The van der Waals surface area contributed by atoms with Crippen LogP contribution in [0.25, 0.3) is 0 Å². The molecule has 0 bridgehead atoms. The fraction of sp³-hybridized carbons (Fsp3) is 0.933. The van der Waals surface area contributed by atoms with Crippen molar-refractivity contribution in [2.24, 2.45) is 11.8 Å². The Bertz CT molecular complexity index is 277. The van der Waals surface area contributed by atoms with Gasteiger partial charge in [-0.25, -0.2) is 0 Å². The normalized spacial score (nSPS) is 28.1. The zero-order valence-corrected chi connectivity index (χ0v) is 13.2. The quantitative estimate of drug-likeness (QED) is 0.866. The molecule has 4 heteroatoms. The lowest BCUT2D eigenvalue weighted by Crippen LogP contribution is -2.51. The van der Waals surface area contributed by atoms with Crippen LogP contribution in [0.2, 0.25) is 0 Å². The molecule has 2 aliphatic heterocycles. The van der Waals surface area contributed by atoms with Crippen LogP contribution in [0.3, 0.4) is 0 Å². The average molecular weight is 289 g/mol. The van der Waals surface area contributed by atoms with Gasteiger partial charge in [-0.2, -0.15) is 0 Å². The molecule has 2 fully saturated rings. The first-order valence-electron chi connectivity index (χ1n) is 7.69. The van der Waals surface area contributed by atoms with E-state index in [1.807, 2.05) is 0 Å². The van der Waals surface area contributed by atoms with Gasteiger partial charge in [-0.3, -0.25) is 4.79 Å². The first kappa shape index (κ1) is 16.8. The van der Waals surface area contributed by atoms with Gasteiger partial charge in [-0.15, -0.1) is 12.4 Å². The molecule has 19 heavy (non-hydrogen) atoms. The molecule has 3 nitrogen and oxygen atoms in total. The van der Waals surface area contributed by atoms with Crippen molar-refractivity contribution in [3.8, 4) is 0 Å². The second-order valence-electron chi connectivity index (χ2n) is 6.42. The molecule has 0 radical (unpaired) electrons. The number of nitrogens with zero attached hydrogens (tertiary/aromatic N) is 1. The number of nitrogens with one attached hydrogen (secondary N) is 1. The predicted molar refractivity (Wildman–Crippen MR) is 81.6 cm³/mol. The molecule has 0 aromatic carbocycles. The van der Waals surface area contributed by atoms with E-state index in [4.69, 9.17) is 0 Å². The molecule has 2 heterocycles. The lowest BCUT2D eigenvalue weighted by molar-refractivity contribution is -0.136. The van der Waals surface area contributed by atoms with Crippen LogP contribution < -0.4 is 5.32 Å². The van der Waals surface area contributed by atoms with Crippen LogP contribution in [0, 0.1) is 11.8 Å². The fourth-order valence-corrected chi connectivity index (χ4v) is 3.41. The van der Waals surface area contributed by atoms with Gasteiger partial charge >= 0.3 is 0 Å². The van der Waals surface area contributed by atoms with E-state index in [2.05, 4.69) is 24.1 Å². The Balaban J connectivity index is 0.00000180. The standard InChI is InChI=1S/C15H28N2O.ClH/c1-12(2)10-13-6-5-9-17(11-13)15(18)14-7-3-4-8-16-14;/h12-14,16H,3-11H2,1-2H3;1H. The van der Waals surface area contributed by atoms with E-state index in [9.17, 15) is 4.79 Å². The van der Waals surface area contributed by atoms with E-state index in [1.165, 1.54) is 32.1 Å². The van der Waals surface area contributed by atoms with Gasteiger partial charge in [0.15, 0.2) is 0 Å². The molecule has 1 N–H and O–H groups in total. The van der Waals surface area contributed by atoms with Crippen molar-refractivity contribution in [2.75, 3.05) is 19.6 Å². The third-order valence-corrected chi connectivity index (χ3v) is 4.24. The van der Waals surface area contributed by atoms with Crippen LogP contribution in [0.1, 0.15) is 52.4 Å². The van der Waals surface area contributed by atoms with Crippen molar-refractivity contribution in [2.45, 2.75) is 58.4 Å². The molecule has 0 saturated carbocycles. The molecular weight excluding hydrogens is 260 g/mol. The topological polar surface area (TPSA) is 32.3 Å². The summed E-state index contributed by atoms with van der Waals surface area (Å²) in [7, 11) is 0. The SMILES string of the molecule is CC(C)CC1CCCN(C(=O)C2CCCCN2)C1.Cl. The average Bonchev–Trinajstić information content (AvgIpc) is 2.38. The van der Waals surface area contributed by atoms with Crippen LogP contribution in [0.5, 0.6) is 0 Å². The summed E-state index contributed by atoms with van der Waals surface area (Å²) in [6.45, 7) is 7.55. The summed E-state index contributed by atoms with van der Waals surface area (Å²) in [5.41, 5.74) is 0. The summed E-state index contributed by atoms with van der Waals surface area (Å²) in [5, 5.41) is 3.38. The fourth-order valence-electron chi connectivity index (χ4n) is 3.41. The van der Waals surface area contributed by atoms with E-state index in [0.717, 1.165) is 37.9 Å². The first-order chi connectivity index (χ1) is 8.66. The number of amides is 1. The summed E-state index contributed by atoms with van der Waals surface area (Å²) in [6.07, 6.45) is 7.22. The number of carbonyl (C=O) groups excluding carboxylic acids is 1. The zero-order valence-electron chi connectivity index (χ0n) is 12.4. The number of hydrogen-bond donors (Lipinski definition) is 1. The molecule has 0 aromatic rings. The summed E-state index contributed by atoms with van der Waals surface area (Å²) in [6, 6.07) is 0.108. The first-order valence-corrected chi connectivity index (χ1v) is 7.69. The van der Waals surface area contributed by atoms with Gasteiger partial charge in [-0.05, 0) is 50.5 Å². The van der Waals surface area contributed by atoms with Crippen molar-refractivity contribution in [1.82, 2.24) is 10.2 Å². The van der Waals surface area contributed by atoms with E-state index >= 15 is 0 Å². The van der Waals surface area contributed by atoms with E-state index < -0.39 is 0 Å². The summed E-state index contributed by atoms with van der Waals surface area (Å²) < 4.78 is 0. The Hall–Kier alpha value is -0.280. The highest BCUT2D eigenvalue weighted by molar-refractivity contribution is 5.85. The number of carbonyl (C=O) groups is 1. The molecule has 2 aliphatic rings. The van der Waals surface area contributed by atoms with E-state index in [1.54, 1.807) is 0 Å². The Labute approximate surface area is 123 Å². The van der Waals surface area contributed by atoms with Crippen LogP contribution >= 0.6 is 12.4 Å². The van der Waals surface area contributed by atoms with Crippen molar-refractivity contribution in [3.05, 3.63) is 0 Å². The molecule has 2 saturated heterocycles. The summed E-state index contributed by atoms with van der Waals surface area (Å²) in [4.78, 5) is 14.6. The van der Waals surface area contributed by atoms with Crippen molar-refractivity contribution in [3.63, 3.8) is 0 Å². The maximum absolute atomic E-state index is 12.4. The number of hydrogen-bond acceptors (Lipinski definition) is 2. The predicted octanol–water partition coefficient (Wildman–Crippen LogP) is 2.84. The Kier molecular flexibility index (Phi) is 7.16. The van der Waals surface area contributed by atoms with Gasteiger partial charge in [0.1, 0.15) is 0 Å². The van der Waals surface area contributed by atoms with Gasteiger partial charge in [0, 0.05) is 13.1 Å². The third kappa shape index (κ3) is 4.96. The van der Waals surface area contributed by atoms with Crippen molar-refractivity contribution in [1.29, 1.82) is 0 Å². The van der Waals surface area contributed by atoms with Gasteiger partial charge in [-0.1, -0.05) is 20.3 Å². The maximum atomic E-state index is 12.4. The van der Waals surface area contributed by atoms with E-state index in [-0.39, 0.29) is 18.4 Å². The minimum atomic E-state index is 0. The maximum Gasteiger partial charge on any atom is 0.239 e. The van der Waals surface area contributed by atoms with Gasteiger partial charge in [0.05, 0.1) is 6.04 Å². The number of halogens is 1. The van der Waals surface area contributed by atoms with Crippen LogP contribution in [0.15, 0.2) is 0 Å². The Morgan fingerprint density at radius 1 is 1.26 bits per heavy atom. The number of likely N-dealkylation sites (tertiary alicyclic amines) is 1. The Morgan fingerprint density at radius 2 is 2.05 bits per heavy atom. The highest BCUT2D eigenvalue weighted by Crippen LogP contribution is 2.24. The molecule has 0 spiro atoms. The second-order valence-corrected chi connectivity index (χ2v) is 6.42. The molecule has 2 unspecified atom stereocenters. The van der Waals surface area contributed by atoms with E-state index in [0.29, 0.717) is 5.91 Å². The van der Waals surface area contributed by atoms with Crippen molar-refractivity contribution < 1.29 is 4.79 Å². The number of piperidine rings is 2. The Morgan fingerprint density at radius 3 is 2.68 bits per heavy atom. The van der Waals surface area contributed by atoms with Gasteiger partial charge < -0.3 is 10.2 Å². The molecule has 2 rings (SSSR count). The molecule has 112 valence electrons. The van der Waals surface area contributed by atoms with Gasteiger partial charge in [0.2, 0.25) is 5.91 Å². The van der Waals surface area contributed by atoms with Crippen molar-refractivity contribution >= 4 is 18.3 Å². The monoisotopic (exact) mass is 288 g/mol. The lowest BCUT2D eigenvalue weighted by atomic mass is 9.89. The van der Waals surface area contributed by atoms with Gasteiger partial charge in [0.25, 0.3) is 0 Å². The highest BCUT2D eigenvalue weighted by atomic mass is 35.5. The molecule has 0 aliphatic carbocycles. The molecular formula is C15H29ClN2O. The molecule has 2 atom stereocenters. The number of rotatable bonds is 3. The van der Waals surface area contributed by atoms with Crippen LogP contribution in [-0.2, 0) is 4.79 Å². The third-order valence-electron chi connectivity index (χ3n) is 4.24. The second kappa shape index (κ2) is 8.11. The molecule has 0 aromatic heterocycles. The lowest BCUT2D eigenvalue weighted by Gasteiger charge is -2.36. The smallest absolute Gasteiger partial charge is 0.239 e. The minimum Gasteiger partial charge on any atom is -0.341 e. The van der Waals surface area contributed by atoms with Crippen LogP contribution in [-0.4, -0.2) is 36.5 Å². The largest absolute Gasteiger partial charge is 0.341 e.